The van der Waals surface area contributed by atoms with Crippen molar-refractivity contribution in [2.75, 3.05) is 76.5 Å². The zero-order valence-electron chi connectivity index (χ0n) is 44.5. The number of allylic oxidation sites excluding steroid dienone is 2. The molecule has 18 heteroatoms. The molecule has 5 heterocycles. The van der Waals surface area contributed by atoms with Crippen LogP contribution in [0.25, 0.3) is 0 Å². The Morgan fingerprint density at radius 3 is 2.25 bits per heavy atom. The lowest BCUT2D eigenvalue weighted by molar-refractivity contribution is -0.139. The average molecular weight is 1040 g/mol. The standard InChI is InChI=1S/C58H71N7O11/c1-6-39-26-43-31-61-49-29-53(52(72-5)28-47(49)57(70)64(43)34-39)75-22-10-8-9-21-74-51-30-50-48(24-37(51)3)55(59)63-33-40(7-2)27-44(63)35-65(50)58(71)76-36-41-13-15-42(16-14-41)60-32-46(67)18-23-73-20-11-12-45(66)17-19-62-54(68)25-38(4)56(62)69/h6-7,13-16,24,28-31,38,43-44,59-60H,8-12,17-23,25-27,32-36H2,1-5H3/t38?,43-,44-/m0/s1. The van der Waals surface area contributed by atoms with Gasteiger partial charge in [0.25, 0.3) is 5.91 Å². The normalized spacial score (nSPS) is 19.9. The maximum Gasteiger partial charge on any atom is 0.414 e. The first-order valence-electron chi connectivity index (χ1n) is 26.6. The number of hydrogen-bond acceptors (Lipinski definition) is 14. The van der Waals surface area contributed by atoms with E-state index >= 15 is 0 Å². The van der Waals surface area contributed by atoms with Gasteiger partial charge in [-0.15, -0.1) is 0 Å². The van der Waals surface area contributed by atoms with Crippen molar-refractivity contribution in [3.05, 3.63) is 94.1 Å². The maximum atomic E-state index is 14.1. The van der Waals surface area contributed by atoms with E-state index in [1.165, 1.54) is 16.0 Å². The molecular weight excluding hydrogens is 971 g/mol. The van der Waals surface area contributed by atoms with Crippen LogP contribution in [0.1, 0.15) is 112 Å². The number of methoxy groups -OCH3 is 1. The van der Waals surface area contributed by atoms with Crippen LogP contribution >= 0.6 is 0 Å². The monoisotopic (exact) mass is 1040 g/mol. The molecule has 0 spiro atoms. The van der Waals surface area contributed by atoms with Gasteiger partial charge in [-0.1, -0.05) is 42.4 Å². The third-order valence-electron chi connectivity index (χ3n) is 14.7. The quantitative estimate of drug-likeness (QED) is 0.0490. The van der Waals surface area contributed by atoms with E-state index in [4.69, 9.17) is 23.7 Å². The zero-order valence-corrected chi connectivity index (χ0v) is 44.5. The summed E-state index contributed by atoms with van der Waals surface area (Å²) >= 11 is 0. The number of unbranched alkanes of at least 4 members (excludes halogenated alkanes) is 2. The summed E-state index contributed by atoms with van der Waals surface area (Å²) in [6.45, 7) is 10.9. The summed E-state index contributed by atoms with van der Waals surface area (Å²) in [6, 6.07) is 14.4. The van der Waals surface area contributed by atoms with Crippen molar-refractivity contribution in [3.63, 3.8) is 0 Å². The molecule has 1 unspecified atom stereocenters. The zero-order chi connectivity index (χ0) is 53.9. The number of ether oxygens (including phenoxy) is 5. The number of likely N-dealkylation sites (tertiary alicyclic amines) is 1. The summed E-state index contributed by atoms with van der Waals surface area (Å²) in [7, 11) is 1.57. The number of nitrogens with one attached hydrogen (secondary N) is 2. The Bertz CT molecular complexity index is 2790. The Balaban J connectivity index is 0.782. The summed E-state index contributed by atoms with van der Waals surface area (Å²) in [5.74, 6) is 1.09. The van der Waals surface area contributed by atoms with Gasteiger partial charge in [-0.05, 0) is 94.7 Å². The van der Waals surface area contributed by atoms with Crippen molar-refractivity contribution < 1.29 is 52.5 Å². The van der Waals surface area contributed by atoms with E-state index in [1.807, 2.05) is 68.3 Å². The van der Waals surface area contributed by atoms with Gasteiger partial charge in [0.15, 0.2) is 17.3 Å². The van der Waals surface area contributed by atoms with Gasteiger partial charge in [0.2, 0.25) is 11.8 Å². The van der Waals surface area contributed by atoms with Gasteiger partial charge < -0.3 is 38.8 Å². The van der Waals surface area contributed by atoms with E-state index in [9.17, 15) is 34.2 Å². The third-order valence-corrected chi connectivity index (χ3v) is 14.7. The van der Waals surface area contributed by atoms with Crippen molar-refractivity contribution in [1.29, 1.82) is 5.41 Å². The molecule has 0 bridgehead atoms. The Kier molecular flexibility index (Phi) is 18.4. The fraction of sp³-hybridized carbons (Fsp3) is 0.483. The molecule has 5 aliphatic heterocycles. The highest BCUT2D eigenvalue weighted by Crippen LogP contribution is 2.40. The Morgan fingerprint density at radius 1 is 0.789 bits per heavy atom. The van der Waals surface area contributed by atoms with Gasteiger partial charge in [0, 0.05) is 87.4 Å². The van der Waals surface area contributed by atoms with Crippen LogP contribution in [0.5, 0.6) is 17.2 Å². The molecule has 5 aliphatic rings. The molecule has 404 valence electrons. The SMILES string of the molecule is CC=C1C[C@H]2CN(C(=O)OCc3ccc(NCC(=O)CCOCCCC(=O)CCN4C(=O)CC(C)C4=O)cc3)c3cc(OCCCCCOc4cc5c(cc4OC)C(=O)N4CC(=CC)C[C@H]4C=N5)c(C)cc3C(=N)N2C1. The predicted octanol–water partition coefficient (Wildman–Crippen LogP) is 8.53. The van der Waals surface area contributed by atoms with Crippen LogP contribution in [0.2, 0.25) is 0 Å². The average Bonchev–Trinajstić information content (AvgIpc) is 4.12. The number of amidine groups is 1. The van der Waals surface area contributed by atoms with Crippen LogP contribution in [0.15, 0.2) is 76.8 Å². The van der Waals surface area contributed by atoms with Crippen LogP contribution in [0.4, 0.5) is 21.9 Å². The minimum atomic E-state index is -0.531. The number of rotatable bonds is 24. The van der Waals surface area contributed by atoms with Crippen molar-refractivity contribution in [1.82, 2.24) is 14.7 Å². The summed E-state index contributed by atoms with van der Waals surface area (Å²) in [5.41, 5.74) is 7.04. The molecule has 3 aromatic carbocycles. The topological polar surface area (TPSA) is 210 Å². The number of carbonyl (C=O) groups excluding carboxylic acids is 6. The van der Waals surface area contributed by atoms with Gasteiger partial charge in [0.05, 0.1) is 69.0 Å². The van der Waals surface area contributed by atoms with Crippen LogP contribution < -0.4 is 24.4 Å². The summed E-state index contributed by atoms with van der Waals surface area (Å²) < 4.78 is 29.7. The van der Waals surface area contributed by atoms with Crippen molar-refractivity contribution in [2.45, 2.75) is 111 Å². The number of fused-ring (bicyclic) bond motifs is 4. The highest BCUT2D eigenvalue weighted by Gasteiger charge is 2.40. The van der Waals surface area contributed by atoms with E-state index in [-0.39, 0.29) is 99.3 Å². The molecule has 76 heavy (non-hydrogen) atoms. The molecule has 0 aromatic heterocycles. The van der Waals surface area contributed by atoms with Gasteiger partial charge in [-0.25, -0.2) is 4.79 Å². The Hall–Kier alpha value is -7.34. The Labute approximate surface area is 444 Å². The van der Waals surface area contributed by atoms with E-state index in [0.29, 0.717) is 91.5 Å². The second kappa shape index (κ2) is 25.5. The number of aliphatic imine (C=N–C) groups is 1. The van der Waals surface area contributed by atoms with E-state index in [2.05, 4.69) is 27.4 Å². The lowest BCUT2D eigenvalue weighted by Crippen LogP contribution is -2.42. The van der Waals surface area contributed by atoms with E-state index in [1.54, 1.807) is 31.1 Å². The lowest BCUT2D eigenvalue weighted by atomic mass is 10.1. The first-order chi connectivity index (χ1) is 36.7. The fourth-order valence-corrected chi connectivity index (χ4v) is 10.2. The van der Waals surface area contributed by atoms with E-state index < -0.39 is 6.09 Å². The molecule has 2 N–H and O–H groups in total. The molecular formula is C58H71N7O11. The number of amides is 4. The minimum absolute atomic E-state index is 0.0125. The number of nitrogens with zero attached hydrogens (tertiary/aromatic N) is 5. The van der Waals surface area contributed by atoms with Gasteiger partial charge in [0.1, 0.15) is 24.0 Å². The summed E-state index contributed by atoms with van der Waals surface area (Å²) in [5, 5.41) is 12.5. The number of aryl methyl sites for hydroxylation is 1. The number of Topliss-reactive ketones (excluding diaryl/α,β-unsaturated/α-hetero) is 2. The number of imide groups is 1. The molecule has 3 atom stereocenters. The van der Waals surface area contributed by atoms with Crippen LogP contribution in [-0.2, 0) is 35.3 Å². The highest BCUT2D eigenvalue weighted by molar-refractivity contribution is 6.07. The molecule has 0 saturated carbocycles. The number of benzene rings is 3. The summed E-state index contributed by atoms with van der Waals surface area (Å²) in [4.78, 5) is 87.9. The van der Waals surface area contributed by atoms with Crippen molar-refractivity contribution in [2.24, 2.45) is 10.9 Å². The second-order valence-electron chi connectivity index (χ2n) is 20.1. The van der Waals surface area contributed by atoms with Crippen molar-refractivity contribution >= 4 is 64.5 Å². The smallest absolute Gasteiger partial charge is 0.414 e. The number of carbonyl (C=O) groups is 6. The number of hydrogen-bond donors (Lipinski definition) is 2. The first kappa shape index (κ1) is 54.9. The molecule has 3 aromatic rings. The fourth-order valence-electron chi connectivity index (χ4n) is 10.2. The lowest BCUT2D eigenvalue weighted by Gasteiger charge is -2.26. The third kappa shape index (κ3) is 13.2. The summed E-state index contributed by atoms with van der Waals surface area (Å²) in [6.07, 6.45) is 10.6. The minimum Gasteiger partial charge on any atom is -0.493 e. The predicted molar refractivity (Wildman–Crippen MR) is 288 cm³/mol. The molecule has 4 amide bonds. The highest BCUT2D eigenvalue weighted by atomic mass is 16.6. The number of ketones is 2. The maximum absolute atomic E-state index is 14.1. The molecule has 0 radical (unpaired) electrons. The first-order valence-corrected chi connectivity index (χ1v) is 26.6. The second-order valence-corrected chi connectivity index (χ2v) is 20.1. The van der Waals surface area contributed by atoms with Gasteiger partial charge >= 0.3 is 6.09 Å². The molecule has 8 rings (SSSR count). The largest absolute Gasteiger partial charge is 0.493 e. The van der Waals surface area contributed by atoms with E-state index in [0.717, 1.165) is 48.9 Å². The number of anilines is 2. The van der Waals surface area contributed by atoms with Crippen molar-refractivity contribution in [3.8, 4) is 17.2 Å². The van der Waals surface area contributed by atoms with Crippen LogP contribution in [0.3, 0.4) is 0 Å². The Morgan fingerprint density at radius 2 is 1.53 bits per heavy atom. The van der Waals surface area contributed by atoms with Crippen LogP contribution in [0, 0.1) is 18.3 Å². The molecule has 3 fully saturated rings. The van der Waals surface area contributed by atoms with Gasteiger partial charge in [-0.3, -0.25) is 44.2 Å². The molecule has 3 saturated heterocycles. The van der Waals surface area contributed by atoms with Gasteiger partial charge in [-0.2, -0.15) is 0 Å². The molecule has 18 nitrogen and oxygen atoms in total. The van der Waals surface area contributed by atoms with Crippen LogP contribution in [-0.4, -0.2) is 140 Å². The molecule has 0 aliphatic carbocycles.